The van der Waals surface area contributed by atoms with Gasteiger partial charge in [0.25, 0.3) is 5.91 Å². The molecule has 0 radical (unpaired) electrons. The van der Waals surface area contributed by atoms with Crippen molar-refractivity contribution in [1.29, 1.82) is 0 Å². The van der Waals surface area contributed by atoms with Gasteiger partial charge in [-0.1, -0.05) is 42.7 Å². The Morgan fingerprint density at radius 2 is 1.55 bits per heavy atom. The Hall–Kier alpha value is -3.47. The molecule has 0 bridgehead atoms. The van der Waals surface area contributed by atoms with Crippen molar-refractivity contribution in [2.75, 3.05) is 5.32 Å². The van der Waals surface area contributed by atoms with Crippen LogP contribution in [0.2, 0.25) is 0 Å². The van der Waals surface area contributed by atoms with Crippen LogP contribution >= 0.6 is 0 Å². The van der Waals surface area contributed by atoms with Crippen molar-refractivity contribution in [3.8, 4) is 5.69 Å². The summed E-state index contributed by atoms with van der Waals surface area (Å²) in [7, 11) is 0. The maximum absolute atomic E-state index is 12.8. The van der Waals surface area contributed by atoms with Gasteiger partial charge in [0, 0.05) is 11.3 Å². The third-order valence-electron chi connectivity index (χ3n) is 5.44. The first-order valence-electron chi connectivity index (χ1n) is 10.8. The maximum atomic E-state index is 12.8. The van der Waals surface area contributed by atoms with E-state index in [0.717, 1.165) is 45.5 Å². The highest BCUT2D eigenvalue weighted by Gasteiger charge is 2.12. The van der Waals surface area contributed by atoms with E-state index in [4.69, 9.17) is 0 Å². The number of hydrogen-bond donors (Lipinski definition) is 1. The zero-order chi connectivity index (χ0) is 22.0. The lowest BCUT2D eigenvalue weighted by molar-refractivity contribution is 0.102. The van der Waals surface area contributed by atoms with E-state index in [1.807, 2.05) is 45.0 Å². The number of amides is 1. The van der Waals surface area contributed by atoms with Gasteiger partial charge in [-0.2, -0.15) is 4.80 Å². The first-order chi connectivity index (χ1) is 14.9. The average Bonchev–Trinajstić information content (AvgIpc) is 3.14. The number of aryl methyl sites for hydroxylation is 4. The molecule has 0 fully saturated rings. The highest BCUT2D eigenvalue weighted by atomic mass is 16.1. The summed E-state index contributed by atoms with van der Waals surface area (Å²) in [4.78, 5) is 14.4. The first-order valence-corrected chi connectivity index (χ1v) is 10.8. The van der Waals surface area contributed by atoms with Crippen molar-refractivity contribution < 1.29 is 4.79 Å². The van der Waals surface area contributed by atoms with Crippen LogP contribution in [-0.2, 0) is 6.42 Å². The summed E-state index contributed by atoms with van der Waals surface area (Å²) in [5, 5.41) is 12.3. The second kappa shape index (κ2) is 8.72. The van der Waals surface area contributed by atoms with Gasteiger partial charge in [-0.15, -0.1) is 10.2 Å². The van der Waals surface area contributed by atoms with Crippen molar-refractivity contribution in [1.82, 2.24) is 15.0 Å². The van der Waals surface area contributed by atoms with Crippen molar-refractivity contribution in [2.24, 2.45) is 0 Å². The Morgan fingerprint density at radius 3 is 2.19 bits per heavy atom. The van der Waals surface area contributed by atoms with Crippen molar-refractivity contribution in [3.63, 3.8) is 0 Å². The molecule has 3 aromatic carbocycles. The molecule has 0 unspecified atom stereocenters. The van der Waals surface area contributed by atoms with E-state index < -0.39 is 0 Å². The number of rotatable bonds is 6. The fourth-order valence-corrected chi connectivity index (χ4v) is 3.80. The second-order valence-corrected chi connectivity index (χ2v) is 8.25. The summed E-state index contributed by atoms with van der Waals surface area (Å²) in [5.74, 6) is -0.121. The van der Waals surface area contributed by atoms with E-state index in [-0.39, 0.29) is 5.91 Å². The van der Waals surface area contributed by atoms with Crippen LogP contribution in [0.3, 0.4) is 0 Å². The van der Waals surface area contributed by atoms with E-state index in [1.165, 1.54) is 18.4 Å². The van der Waals surface area contributed by atoms with Gasteiger partial charge in [0.15, 0.2) is 0 Å². The number of anilines is 1. The molecule has 1 amide bonds. The van der Waals surface area contributed by atoms with Crippen molar-refractivity contribution in [2.45, 2.75) is 47.0 Å². The monoisotopic (exact) mass is 412 g/mol. The predicted octanol–water partition coefficient (Wildman–Crippen LogP) is 5.94. The van der Waals surface area contributed by atoms with E-state index in [9.17, 15) is 4.79 Å². The van der Waals surface area contributed by atoms with Crippen LogP contribution in [0, 0.1) is 20.8 Å². The number of carbonyl (C=O) groups is 1. The second-order valence-electron chi connectivity index (χ2n) is 8.25. The fourth-order valence-electron chi connectivity index (χ4n) is 3.80. The molecule has 0 aliphatic carbocycles. The van der Waals surface area contributed by atoms with Crippen LogP contribution in [-0.4, -0.2) is 20.9 Å². The first kappa shape index (κ1) is 20.8. The topological polar surface area (TPSA) is 59.8 Å². The smallest absolute Gasteiger partial charge is 0.255 e. The Balaban J connectivity index is 1.59. The van der Waals surface area contributed by atoms with Crippen LogP contribution < -0.4 is 5.32 Å². The molecule has 0 saturated carbocycles. The molecule has 4 aromatic rings. The van der Waals surface area contributed by atoms with Gasteiger partial charge >= 0.3 is 0 Å². The lowest BCUT2D eigenvalue weighted by Gasteiger charge is -2.09. The van der Waals surface area contributed by atoms with E-state index in [1.54, 1.807) is 4.80 Å². The number of hydrogen-bond acceptors (Lipinski definition) is 3. The average molecular weight is 413 g/mol. The molecule has 1 heterocycles. The number of aromatic nitrogens is 3. The zero-order valence-electron chi connectivity index (χ0n) is 18.6. The summed E-state index contributed by atoms with van der Waals surface area (Å²) in [6.07, 6.45) is 3.47. The molecule has 0 aliphatic rings. The van der Waals surface area contributed by atoms with Crippen LogP contribution in [0.4, 0.5) is 5.69 Å². The van der Waals surface area contributed by atoms with Crippen LogP contribution in [0.5, 0.6) is 0 Å². The van der Waals surface area contributed by atoms with Gasteiger partial charge in [-0.25, -0.2) is 0 Å². The van der Waals surface area contributed by atoms with Crippen LogP contribution in [0.1, 0.15) is 52.4 Å². The summed E-state index contributed by atoms with van der Waals surface area (Å²) in [5.41, 5.74) is 8.30. The van der Waals surface area contributed by atoms with E-state index in [2.05, 4.69) is 52.8 Å². The third-order valence-corrected chi connectivity index (χ3v) is 5.44. The largest absolute Gasteiger partial charge is 0.322 e. The van der Waals surface area contributed by atoms with Gasteiger partial charge in [0.1, 0.15) is 11.0 Å². The number of unbranched alkanes of at least 4 members (excludes halogenated alkanes) is 1. The van der Waals surface area contributed by atoms with Crippen LogP contribution in [0.25, 0.3) is 16.7 Å². The standard InChI is InChI=1S/C26H28N4O/c1-5-6-7-20-8-10-22(11-9-20)30-28-24-15-19(4)23(16-25(24)29-30)27-26(31)21-13-17(2)12-18(3)14-21/h8-16H,5-7H2,1-4H3,(H,27,31). The Labute approximate surface area is 183 Å². The SMILES string of the molecule is CCCCc1ccc(-n2nc3cc(C)c(NC(=O)c4cc(C)cc(C)c4)cc3n2)cc1. The highest BCUT2D eigenvalue weighted by molar-refractivity contribution is 6.05. The lowest BCUT2D eigenvalue weighted by atomic mass is 10.1. The number of nitrogens with zero attached hydrogens (tertiary/aromatic N) is 3. The van der Waals surface area contributed by atoms with E-state index >= 15 is 0 Å². The van der Waals surface area contributed by atoms with Gasteiger partial charge in [-0.05, 0) is 81.1 Å². The molecule has 5 heteroatoms. The quantitative estimate of drug-likeness (QED) is 0.426. The lowest BCUT2D eigenvalue weighted by Crippen LogP contribution is -2.13. The molecule has 0 saturated heterocycles. The minimum atomic E-state index is -0.121. The minimum Gasteiger partial charge on any atom is -0.322 e. The highest BCUT2D eigenvalue weighted by Crippen LogP contribution is 2.23. The number of carbonyl (C=O) groups excluding carboxylic acids is 1. The van der Waals surface area contributed by atoms with Crippen molar-refractivity contribution in [3.05, 3.63) is 82.4 Å². The summed E-state index contributed by atoms with van der Waals surface area (Å²) in [6, 6.07) is 18.1. The van der Waals surface area contributed by atoms with Gasteiger partial charge in [-0.3, -0.25) is 4.79 Å². The molecule has 31 heavy (non-hydrogen) atoms. The summed E-state index contributed by atoms with van der Waals surface area (Å²) in [6.45, 7) is 8.16. The molecule has 4 rings (SSSR count). The van der Waals surface area contributed by atoms with Gasteiger partial charge in [0.05, 0.1) is 5.69 Å². The fraction of sp³-hybridized carbons (Fsp3) is 0.269. The molecule has 0 spiro atoms. The summed E-state index contributed by atoms with van der Waals surface area (Å²) < 4.78 is 0. The van der Waals surface area contributed by atoms with Gasteiger partial charge < -0.3 is 5.32 Å². The molecule has 0 aliphatic heterocycles. The third kappa shape index (κ3) is 4.66. The molecular weight excluding hydrogens is 384 g/mol. The number of benzene rings is 3. The normalized spacial score (nSPS) is 11.1. The molecular formula is C26H28N4O. The van der Waals surface area contributed by atoms with Gasteiger partial charge in [0.2, 0.25) is 0 Å². The predicted molar refractivity (Wildman–Crippen MR) is 126 cm³/mol. The van der Waals surface area contributed by atoms with Crippen molar-refractivity contribution >= 4 is 22.6 Å². The Morgan fingerprint density at radius 1 is 0.903 bits per heavy atom. The molecule has 0 atom stereocenters. The minimum absolute atomic E-state index is 0.121. The number of nitrogens with one attached hydrogen (secondary N) is 1. The van der Waals surface area contributed by atoms with Crippen LogP contribution in [0.15, 0.2) is 54.6 Å². The molecule has 158 valence electrons. The number of fused-ring (bicyclic) bond motifs is 1. The molecule has 1 aromatic heterocycles. The molecule has 1 N–H and O–H groups in total. The zero-order valence-corrected chi connectivity index (χ0v) is 18.6. The molecule has 5 nitrogen and oxygen atoms in total. The Kier molecular flexibility index (Phi) is 5.85. The van der Waals surface area contributed by atoms with E-state index in [0.29, 0.717) is 5.56 Å². The summed E-state index contributed by atoms with van der Waals surface area (Å²) >= 11 is 0. The Bertz CT molecular complexity index is 1220. The maximum Gasteiger partial charge on any atom is 0.255 e.